The van der Waals surface area contributed by atoms with Crippen molar-refractivity contribution < 1.29 is 13.2 Å². The van der Waals surface area contributed by atoms with Gasteiger partial charge in [0.05, 0.1) is 0 Å². The highest BCUT2D eigenvalue weighted by molar-refractivity contribution is 8.00. The Morgan fingerprint density at radius 1 is 1.17 bits per heavy atom. The van der Waals surface area contributed by atoms with E-state index in [-0.39, 0.29) is 17.5 Å². The predicted molar refractivity (Wildman–Crippen MR) is 68.7 cm³/mol. The summed E-state index contributed by atoms with van der Waals surface area (Å²) in [5, 5.41) is 3.04. The van der Waals surface area contributed by atoms with Crippen LogP contribution in [0.3, 0.4) is 0 Å². The van der Waals surface area contributed by atoms with Crippen LogP contribution < -0.4 is 5.32 Å². The lowest BCUT2D eigenvalue weighted by molar-refractivity contribution is -0.0327. The molecule has 0 aromatic heterocycles. The summed E-state index contributed by atoms with van der Waals surface area (Å²) in [6.45, 7) is 1.02. The van der Waals surface area contributed by atoms with Gasteiger partial charge in [0, 0.05) is 18.8 Å². The maximum absolute atomic E-state index is 11.9. The van der Waals surface area contributed by atoms with Gasteiger partial charge in [-0.1, -0.05) is 18.2 Å². The molecule has 0 bridgehead atoms. The molecule has 100 valence electrons. The molecule has 0 saturated heterocycles. The second-order valence-corrected chi connectivity index (χ2v) is 5.59. The topological polar surface area (TPSA) is 12.0 Å². The quantitative estimate of drug-likeness (QED) is 0.825. The number of thioether (sulfide) groups is 1. The second-order valence-electron chi connectivity index (χ2n) is 4.43. The first kappa shape index (κ1) is 13.7. The number of benzene rings is 1. The van der Waals surface area contributed by atoms with E-state index in [0.29, 0.717) is 13.1 Å². The molecule has 1 aliphatic rings. The number of fused-ring (bicyclic) bond motifs is 1. The van der Waals surface area contributed by atoms with Gasteiger partial charge < -0.3 is 5.32 Å². The number of rotatable bonds is 5. The van der Waals surface area contributed by atoms with E-state index in [0.717, 1.165) is 18.4 Å². The van der Waals surface area contributed by atoms with E-state index in [4.69, 9.17) is 0 Å². The molecule has 0 unspecified atom stereocenters. The first-order valence-corrected chi connectivity index (χ1v) is 7.05. The minimum Gasteiger partial charge on any atom is -0.312 e. The van der Waals surface area contributed by atoms with Gasteiger partial charge in [-0.15, -0.1) is 0 Å². The van der Waals surface area contributed by atoms with E-state index >= 15 is 0 Å². The van der Waals surface area contributed by atoms with Crippen LogP contribution >= 0.6 is 11.8 Å². The minimum atomic E-state index is -4.12. The van der Waals surface area contributed by atoms with Gasteiger partial charge in [-0.05, 0) is 47.7 Å². The summed E-state index contributed by atoms with van der Waals surface area (Å²) in [4.78, 5) is 0. The van der Waals surface area contributed by atoms with Gasteiger partial charge in [0.25, 0.3) is 0 Å². The number of aryl methyl sites for hydroxylation is 2. The van der Waals surface area contributed by atoms with Gasteiger partial charge in [-0.3, -0.25) is 0 Å². The molecular weight excluding hydrogens is 259 g/mol. The van der Waals surface area contributed by atoms with Gasteiger partial charge in [-0.2, -0.15) is 13.2 Å². The third-order valence-corrected chi connectivity index (χ3v) is 3.77. The van der Waals surface area contributed by atoms with Crippen molar-refractivity contribution in [3.8, 4) is 0 Å². The molecular formula is C13H16F3NS. The van der Waals surface area contributed by atoms with Crippen LogP contribution in [-0.2, 0) is 19.4 Å². The number of nitrogens with one attached hydrogen (secondary N) is 1. The smallest absolute Gasteiger partial charge is 0.312 e. The van der Waals surface area contributed by atoms with Crippen molar-refractivity contribution in [1.82, 2.24) is 5.32 Å². The van der Waals surface area contributed by atoms with Crippen molar-refractivity contribution in [3.63, 3.8) is 0 Å². The van der Waals surface area contributed by atoms with Crippen LogP contribution in [0.15, 0.2) is 18.2 Å². The highest BCUT2D eigenvalue weighted by Gasteiger charge is 2.27. The molecule has 0 amide bonds. The molecule has 1 aromatic carbocycles. The fraction of sp³-hybridized carbons (Fsp3) is 0.538. The molecule has 1 N–H and O–H groups in total. The lowest BCUT2D eigenvalue weighted by atomic mass is 10.1. The maximum Gasteiger partial charge on any atom is 0.441 e. The van der Waals surface area contributed by atoms with E-state index in [9.17, 15) is 13.2 Å². The lowest BCUT2D eigenvalue weighted by Gasteiger charge is -2.08. The molecule has 1 aromatic rings. The fourth-order valence-electron chi connectivity index (χ4n) is 2.21. The Bertz CT molecular complexity index is 404. The van der Waals surface area contributed by atoms with Gasteiger partial charge in [0.15, 0.2) is 0 Å². The molecule has 0 fully saturated rings. The second kappa shape index (κ2) is 5.97. The van der Waals surface area contributed by atoms with Gasteiger partial charge in [-0.25, -0.2) is 0 Å². The molecule has 0 heterocycles. The monoisotopic (exact) mass is 275 g/mol. The number of alkyl halides is 3. The summed E-state index contributed by atoms with van der Waals surface area (Å²) in [6.07, 6.45) is 3.51. The van der Waals surface area contributed by atoms with Crippen molar-refractivity contribution in [1.29, 1.82) is 0 Å². The minimum absolute atomic E-state index is 0.0263. The van der Waals surface area contributed by atoms with Crippen LogP contribution in [0.4, 0.5) is 13.2 Å². The summed E-state index contributed by atoms with van der Waals surface area (Å²) in [6, 6.07) is 6.38. The standard InChI is InChI=1S/C13H16F3NS/c14-13(15,16)18-7-6-17-9-10-4-5-11-2-1-3-12(11)8-10/h4-5,8,17H,1-3,6-7,9H2. The van der Waals surface area contributed by atoms with Crippen molar-refractivity contribution in [2.45, 2.75) is 31.3 Å². The Hall–Kier alpha value is -0.680. The SMILES string of the molecule is FC(F)(F)SCCNCc1ccc2c(c1)CCC2. The first-order chi connectivity index (χ1) is 8.54. The zero-order valence-electron chi connectivity index (χ0n) is 10.0. The van der Waals surface area contributed by atoms with Gasteiger partial charge in [0.1, 0.15) is 0 Å². The van der Waals surface area contributed by atoms with Crippen molar-refractivity contribution >= 4 is 11.8 Å². The third-order valence-electron chi connectivity index (χ3n) is 3.04. The normalized spacial score (nSPS) is 14.8. The fourth-order valence-corrected chi connectivity index (χ4v) is 2.68. The predicted octanol–water partition coefficient (Wildman–Crippen LogP) is 3.52. The summed E-state index contributed by atoms with van der Waals surface area (Å²) in [7, 11) is 0. The van der Waals surface area contributed by atoms with Crippen LogP contribution in [0.2, 0.25) is 0 Å². The molecule has 0 radical (unpaired) electrons. The number of hydrogen-bond acceptors (Lipinski definition) is 2. The van der Waals surface area contributed by atoms with Gasteiger partial charge in [0.2, 0.25) is 0 Å². The first-order valence-electron chi connectivity index (χ1n) is 6.07. The molecule has 0 saturated carbocycles. The summed E-state index contributed by atoms with van der Waals surface area (Å²) in [5.41, 5.74) is -0.132. The summed E-state index contributed by atoms with van der Waals surface area (Å²) < 4.78 is 35.7. The molecule has 0 spiro atoms. The molecule has 1 nitrogen and oxygen atoms in total. The Morgan fingerprint density at radius 2 is 1.94 bits per heavy atom. The van der Waals surface area contributed by atoms with Crippen LogP contribution in [-0.4, -0.2) is 17.8 Å². The van der Waals surface area contributed by atoms with E-state index < -0.39 is 5.51 Å². The average molecular weight is 275 g/mol. The Morgan fingerprint density at radius 3 is 2.72 bits per heavy atom. The number of hydrogen-bond donors (Lipinski definition) is 1. The van der Waals surface area contributed by atoms with Crippen LogP contribution in [0.5, 0.6) is 0 Å². The van der Waals surface area contributed by atoms with Crippen LogP contribution in [0, 0.1) is 0 Å². The lowest BCUT2D eigenvalue weighted by Crippen LogP contribution is -2.18. The molecule has 5 heteroatoms. The molecule has 1 aliphatic carbocycles. The average Bonchev–Trinajstić information content (AvgIpc) is 2.74. The largest absolute Gasteiger partial charge is 0.441 e. The Balaban J connectivity index is 1.71. The molecule has 0 atom stereocenters. The van der Waals surface area contributed by atoms with E-state index in [2.05, 4.69) is 23.5 Å². The van der Waals surface area contributed by atoms with E-state index in [1.807, 2.05) is 0 Å². The van der Waals surface area contributed by atoms with E-state index in [1.165, 1.54) is 17.5 Å². The van der Waals surface area contributed by atoms with Crippen molar-refractivity contribution in [2.24, 2.45) is 0 Å². The van der Waals surface area contributed by atoms with Crippen LogP contribution in [0.1, 0.15) is 23.1 Å². The molecule has 0 aliphatic heterocycles. The molecule has 2 rings (SSSR count). The van der Waals surface area contributed by atoms with Crippen LogP contribution in [0.25, 0.3) is 0 Å². The highest BCUT2D eigenvalue weighted by Crippen LogP contribution is 2.29. The summed E-state index contributed by atoms with van der Waals surface area (Å²) in [5.74, 6) is 0.0639. The molecule has 18 heavy (non-hydrogen) atoms. The Kier molecular flexibility index (Phi) is 4.56. The number of halogens is 3. The zero-order chi connectivity index (χ0) is 13.0. The third kappa shape index (κ3) is 4.21. The zero-order valence-corrected chi connectivity index (χ0v) is 10.8. The summed E-state index contributed by atoms with van der Waals surface area (Å²) >= 11 is 0.0263. The van der Waals surface area contributed by atoms with Crippen molar-refractivity contribution in [2.75, 3.05) is 12.3 Å². The van der Waals surface area contributed by atoms with Gasteiger partial charge >= 0.3 is 5.51 Å². The highest BCUT2D eigenvalue weighted by atomic mass is 32.2. The Labute approximate surface area is 109 Å². The van der Waals surface area contributed by atoms with Crippen molar-refractivity contribution in [3.05, 3.63) is 34.9 Å². The van der Waals surface area contributed by atoms with E-state index in [1.54, 1.807) is 0 Å². The maximum atomic E-state index is 11.9.